The summed E-state index contributed by atoms with van der Waals surface area (Å²) in [5.74, 6) is -0.365. The number of rotatable bonds is 5. The van der Waals surface area contributed by atoms with Crippen molar-refractivity contribution in [1.29, 1.82) is 0 Å². The molecule has 6 heteroatoms. The lowest BCUT2D eigenvalue weighted by Gasteiger charge is -2.28. The number of carbonyl (C=O) groups is 1. The number of benzene rings is 1. The first-order valence-corrected chi connectivity index (χ1v) is 9.00. The van der Waals surface area contributed by atoms with Crippen LogP contribution in [0, 0.1) is 5.82 Å². The van der Waals surface area contributed by atoms with Crippen molar-refractivity contribution in [2.45, 2.75) is 37.7 Å². The largest absolute Gasteiger partial charge is 0.388 e. The fraction of sp³-hybridized carbons (Fsp3) is 0.444. The number of hydrogen-bond acceptors (Lipinski definition) is 4. The smallest absolute Gasteiger partial charge is 0.228 e. The van der Waals surface area contributed by atoms with Gasteiger partial charge in [0.2, 0.25) is 5.91 Å². The van der Waals surface area contributed by atoms with Crippen LogP contribution in [-0.4, -0.2) is 40.1 Å². The van der Waals surface area contributed by atoms with Gasteiger partial charge < -0.3 is 10.0 Å². The minimum atomic E-state index is -0.737. The summed E-state index contributed by atoms with van der Waals surface area (Å²) >= 11 is 1.40. The van der Waals surface area contributed by atoms with Crippen LogP contribution in [0.15, 0.2) is 29.6 Å². The monoisotopic (exact) mass is 348 g/mol. The molecule has 4 nitrogen and oxygen atoms in total. The second-order valence-corrected chi connectivity index (χ2v) is 7.37. The molecular formula is C18H21FN2O2S. The number of hydrogen-bond donors (Lipinski definition) is 1. The van der Waals surface area contributed by atoms with Crippen LogP contribution in [0.3, 0.4) is 0 Å². The third kappa shape index (κ3) is 3.99. The summed E-state index contributed by atoms with van der Waals surface area (Å²) in [5, 5.41) is 12.9. The molecule has 1 N–H and O–H groups in total. The van der Waals surface area contributed by atoms with Crippen LogP contribution in [0.5, 0.6) is 0 Å². The summed E-state index contributed by atoms with van der Waals surface area (Å²) in [6.07, 6.45) is 3.73. The Morgan fingerprint density at radius 1 is 1.42 bits per heavy atom. The fourth-order valence-corrected chi connectivity index (χ4v) is 3.97. The van der Waals surface area contributed by atoms with Crippen LogP contribution < -0.4 is 0 Å². The van der Waals surface area contributed by atoms with E-state index in [1.54, 1.807) is 24.1 Å². The lowest BCUT2D eigenvalue weighted by atomic mass is 10.0. The van der Waals surface area contributed by atoms with E-state index in [2.05, 4.69) is 4.98 Å². The second kappa shape index (κ2) is 6.99. The van der Waals surface area contributed by atoms with Crippen LogP contribution >= 0.6 is 11.3 Å². The van der Waals surface area contributed by atoms with Crippen molar-refractivity contribution in [2.75, 3.05) is 13.6 Å². The van der Waals surface area contributed by atoms with E-state index < -0.39 is 5.60 Å². The van der Waals surface area contributed by atoms with Crippen molar-refractivity contribution in [2.24, 2.45) is 0 Å². The first-order valence-electron chi connectivity index (χ1n) is 8.12. The normalized spacial score (nSPS) is 16.3. The zero-order chi connectivity index (χ0) is 17.2. The van der Waals surface area contributed by atoms with Gasteiger partial charge in [-0.05, 0) is 25.0 Å². The number of aromatic nitrogens is 1. The number of aliphatic hydroxyl groups is 1. The van der Waals surface area contributed by atoms with Crippen molar-refractivity contribution in [3.63, 3.8) is 0 Å². The summed E-state index contributed by atoms with van der Waals surface area (Å²) in [5.41, 5.74) is 0.654. The van der Waals surface area contributed by atoms with Crippen molar-refractivity contribution in [1.82, 2.24) is 9.88 Å². The molecule has 0 spiro atoms. The summed E-state index contributed by atoms with van der Waals surface area (Å²) in [6, 6.07) is 6.28. The topological polar surface area (TPSA) is 53.4 Å². The van der Waals surface area contributed by atoms with Crippen molar-refractivity contribution in [3.05, 3.63) is 41.2 Å². The van der Waals surface area contributed by atoms with Gasteiger partial charge in [0.1, 0.15) is 10.8 Å². The molecule has 0 atom stereocenters. The Hall–Kier alpha value is -1.79. The SMILES string of the molecule is CN(CC1(O)CCCC1)C(=O)Cc1csc(-c2cccc(F)c2)n1. The zero-order valence-corrected chi connectivity index (χ0v) is 14.5. The molecule has 1 saturated carbocycles. The fourth-order valence-electron chi connectivity index (χ4n) is 3.15. The molecule has 1 heterocycles. The van der Waals surface area contributed by atoms with Crippen LogP contribution in [0.1, 0.15) is 31.4 Å². The van der Waals surface area contributed by atoms with E-state index in [0.717, 1.165) is 25.7 Å². The Kier molecular flexibility index (Phi) is 4.96. The number of likely N-dealkylation sites (N-methyl/N-ethyl adjacent to an activating group) is 1. The molecule has 1 fully saturated rings. The van der Waals surface area contributed by atoms with Gasteiger partial charge in [0.15, 0.2) is 0 Å². The van der Waals surface area contributed by atoms with Gasteiger partial charge in [-0.3, -0.25) is 4.79 Å². The van der Waals surface area contributed by atoms with Crippen LogP contribution in [0.4, 0.5) is 4.39 Å². The first-order chi connectivity index (χ1) is 11.5. The van der Waals surface area contributed by atoms with E-state index in [9.17, 15) is 14.3 Å². The Morgan fingerprint density at radius 3 is 2.88 bits per heavy atom. The molecule has 128 valence electrons. The molecule has 0 radical (unpaired) electrons. The molecule has 1 aliphatic rings. The first kappa shape index (κ1) is 17.0. The highest BCUT2D eigenvalue weighted by Crippen LogP contribution is 2.30. The molecule has 3 rings (SSSR count). The summed E-state index contributed by atoms with van der Waals surface area (Å²) in [6.45, 7) is 0.368. The molecule has 0 aliphatic heterocycles. The quantitative estimate of drug-likeness (QED) is 0.902. The Bertz CT molecular complexity index is 725. The standard InChI is InChI=1S/C18H21FN2O2S/c1-21(12-18(23)7-2-3-8-18)16(22)10-15-11-24-17(20-15)13-5-4-6-14(19)9-13/h4-6,9,11,23H,2-3,7-8,10,12H2,1H3. The number of thiazole rings is 1. The maximum absolute atomic E-state index is 13.3. The van der Waals surface area contributed by atoms with Gasteiger partial charge in [-0.15, -0.1) is 11.3 Å². The highest BCUT2D eigenvalue weighted by Gasteiger charge is 2.33. The minimum absolute atomic E-state index is 0.0635. The van der Waals surface area contributed by atoms with Gasteiger partial charge >= 0.3 is 0 Å². The van der Waals surface area contributed by atoms with Gasteiger partial charge in [-0.1, -0.05) is 25.0 Å². The lowest BCUT2D eigenvalue weighted by molar-refractivity contribution is -0.132. The van der Waals surface area contributed by atoms with E-state index in [0.29, 0.717) is 22.8 Å². The third-order valence-corrected chi connectivity index (χ3v) is 5.39. The molecule has 0 unspecified atom stereocenters. The van der Waals surface area contributed by atoms with Crippen molar-refractivity contribution in [3.8, 4) is 10.6 Å². The maximum Gasteiger partial charge on any atom is 0.228 e. The van der Waals surface area contributed by atoms with Crippen LogP contribution in [-0.2, 0) is 11.2 Å². The van der Waals surface area contributed by atoms with Gasteiger partial charge in [0.05, 0.1) is 17.7 Å². The summed E-state index contributed by atoms with van der Waals surface area (Å²) in [4.78, 5) is 18.4. The zero-order valence-electron chi connectivity index (χ0n) is 13.7. The molecule has 0 bridgehead atoms. The van der Waals surface area contributed by atoms with E-state index in [4.69, 9.17) is 0 Å². The molecule has 0 saturated heterocycles. The van der Waals surface area contributed by atoms with E-state index in [1.807, 2.05) is 5.38 Å². The average molecular weight is 348 g/mol. The van der Waals surface area contributed by atoms with Crippen LogP contribution in [0.25, 0.3) is 10.6 Å². The highest BCUT2D eigenvalue weighted by molar-refractivity contribution is 7.13. The maximum atomic E-state index is 13.3. The number of nitrogens with zero attached hydrogens (tertiary/aromatic N) is 2. The van der Waals surface area contributed by atoms with E-state index in [-0.39, 0.29) is 18.1 Å². The van der Waals surface area contributed by atoms with E-state index >= 15 is 0 Å². The molecule has 24 heavy (non-hydrogen) atoms. The Labute approximate surface area is 145 Å². The molecular weight excluding hydrogens is 327 g/mol. The van der Waals surface area contributed by atoms with Gasteiger partial charge in [-0.25, -0.2) is 9.37 Å². The van der Waals surface area contributed by atoms with Crippen molar-refractivity contribution >= 4 is 17.2 Å². The summed E-state index contributed by atoms with van der Waals surface area (Å²) < 4.78 is 13.3. The molecule has 2 aromatic rings. The third-order valence-electron chi connectivity index (χ3n) is 4.45. The predicted molar refractivity (Wildman–Crippen MR) is 92.3 cm³/mol. The van der Waals surface area contributed by atoms with Crippen molar-refractivity contribution < 1.29 is 14.3 Å². The predicted octanol–water partition coefficient (Wildman–Crippen LogP) is 3.26. The summed E-state index contributed by atoms with van der Waals surface area (Å²) in [7, 11) is 1.72. The second-order valence-electron chi connectivity index (χ2n) is 6.51. The minimum Gasteiger partial charge on any atom is -0.388 e. The Morgan fingerprint density at radius 2 is 2.17 bits per heavy atom. The molecule has 1 aliphatic carbocycles. The number of amides is 1. The van der Waals surface area contributed by atoms with Gasteiger partial charge in [0, 0.05) is 24.5 Å². The lowest BCUT2D eigenvalue weighted by Crippen LogP contribution is -2.42. The van der Waals surface area contributed by atoms with Gasteiger partial charge in [-0.2, -0.15) is 0 Å². The number of halogens is 1. The van der Waals surface area contributed by atoms with Gasteiger partial charge in [0.25, 0.3) is 0 Å². The number of carbonyl (C=O) groups excluding carboxylic acids is 1. The Balaban J connectivity index is 1.62. The molecule has 1 aromatic heterocycles. The average Bonchev–Trinajstić information content (AvgIpc) is 3.16. The van der Waals surface area contributed by atoms with E-state index in [1.165, 1.54) is 23.5 Å². The highest BCUT2D eigenvalue weighted by atomic mass is 32.1. The molecule has 1 aromatic carbocycles. The van der Waals surface area contributed by atoms with Crippen LogP contribution in [0.2, 0.25) is 0 Å². The molecule has 1 amide bonds.